The van der Waals surface area contributed by atoms with Crippen LogP contribution in [-0.4, -0.2) is 37.7 Å². The second-order valence-electron chi connectivity index (χ2n) is 6.89. The van der Waals surface area contributed by atoms with Gasteiger partial charge in [-0.1, -0.05) is 18.2 Å². The number of benzene rings is 1. The van der Waals surface area contributed by atoms with Crippen LogP contribution in [0.1, 0.15) is 40.8 Å². The highest BCUT2D eigenvalue weighted by Crippen LogP contribution is 2.27. The number of aromatic nitrogens is 2. The Morgan fingerprint density at radius 3 is 2.66 bits per heavy atom. The summed E-state index contributed by atoms with van der Waals surface area (Å²) in [5.41, 5.74) is 0.956. The number of nitrogens with one attached hydrogen (secondary N) is 2. The van der Waals surface area contributed by atoms with Gasteiger partial charge in [-0.15, -0.1) is 0 Å². The number of hydrogen-bond donors (Lipinski definition) is 2. The third-order valence-corrected chi connectivity index (χ3v) is 6.48. The lowest BCUT2D eigenvalue weighted by Crippen LogP contribution is -2.14. The zero-order valence-corrected chi connectivity index (χ0v) is 16.4. The topological polar surface area (TPSA) is 114 Å². The van der Waals surface area contributed by atoms with Crippen molar-refractivity contribution in [3.63, 3.8) is 0 Å². The number of sulfone groups is 1. The van der Waals surface area contributed by atoms with Crippen LogP contribution in [0.5, 0.6) is 0 Å². The number of furan rings is 1. The summed E-state index contributed by atoms with van der Waals surface area (Å²) >= 11 is 0. The largest absolute Gasteiger partial charge is 0.455 e. The van der Waals surface area contributed by atoms with Crippen LogP contribution < -0.4 is 5.32 Å². The van der Waals surface area contributed by atoms with Gasteiger partial charge in [-0.2, -0.15) is 5.10 Å². The first-order valence-electron chi connectivity index (χ1n) is 9.32. The van der Waals surface area contributed by atoms with Crippen molar-refractivity contribution >= 4 is 21.6 Å². The number of carbonyl (C=O) groups excluding carboxylic acids is 1. The lowest BCUT2D eigenvalue weighted by Gasteiger charge is -2.20. The number of rotatable bonds is 6. The molecule has 2 aromatic heterocycles. The normalized spacial score (nSPS) is 15.3. The molecule has 1 saturated heterocycles. The predicted molar refractivity (Wildman–Crippen MR) is 105 cm³/mol. The third-order valence-electron chi connectivity index (χ3n) is 4.82. The fourth-order valence-electron chi connectivity index (χ4n) is 3.27. The quantitative estimate of drug-likeness (QED) is 0.639. The average molecular weight is 415 g/mol. The van der Waals surface area contributed by atoms with Gasteiger partial charge in [0, 0.05) is 30.9 Å². The Kier molecular flexibility index (Phi) is 5.50. The molecule has 1 aliphatic rings. The summed E-state index contributed by atoms with van der Waals surface area (Å²) in [6, 6.07) is 12.9. The number of ether oxygens (including phenoxy) is 1. The van der Waals surface area contributed by atoms with E-state index in [4.69, 9.17) is 9.15 Å². The summed E-state index contributed by atoms with van der Waals surface area (Å²) in [7, 11) is -3.55. The van der Waals surface area contributed by atoms with Gasteiger partial charge >= 0.3 is 0 Å². The molecular weight excluding hydrogens is 394 g/mol. The maximum absolute atomic E-state index is 12.4. The van der Waals surface area contributed by atoms with E-state index in [0.29, 0.717) is 24.9 Å². The number of carbonyl (C=O) groups is 1. The van der Waals surface area contributed by atoms with E-state index in [2.05, 4.69) is 15.5 Å². The molecule has 152 valence electrons. The number of hydrogen-bond acceptors (Lipinski definition) is 6. The average Bonchev–Trinajstić information content (AvgIpc) is 3.39. The summed E-state index contributed by atoms with van der Waals surface area (Å²) in [4.78, 5) is 12.6. The van der Waals surface area contributed by atoms with Crippen LogP contribution in [0.2, 0.25) is 0 Å². The Hall–Kier alpha value is -2.91. The number of amides is 1. The smallest absolute Gasteiger partial charge is 0.292 e. The number of nitrogens with zero attached hydrogens (tertiary/aromatic N) is 1. The minimum absolute atomic E-state index is 0.0267. The molecule has 1 amide bonds. The zero-order valence-electron chi connectivity index (χ0n) is 15.6. The number of H-pyrrole nitrogens is 1. The first-order valence-corrected chi connectivity index (χ1v) is 11.0. The van der Waals surface area contributed by atoms with Gasteiger partial charge in [0.1, 0.15) is 11.5 Å². The van der Waals surface area contributed by atoms with Crippen LogP contribution in [0.3, 0.4) is 0 Å². The molecule has 29 heavy (non-hydrogen) atoms. The zero-order chi connectivity index (χ0) is 20.3. The van der Waals surface area contributed by atoms with Crippen LogP contribution >= 0.6 is 0 Å². The Morgan fingerprint density at radius 1 is 1.14 bits per heavy atom. The molecule has 0 saturated carbocycles. The van der Waals surface area contributed by atoms with Crippen LogP contribution in [0.25, 0.3) is 0 Å². The predicted octanol–water partition coefficient (Wildman–Crippen LogP) is 3.12. The first kappa shape index (κ1) is 19.4. The van der Waals surface area contributed by atoms with Gasteiger partial charge in [-0.25, -0.2) is 8.42 Å². The molecule has 1 aromatic carbocycles. The molecule has 2 N–H and O–H groups in total. The van der Waals surface area contributed by atoms with Crippen LogP contribution in [-0.2, 0) is 20.3 Å². The van der Waals surface area contributed by atoms with Crippen LogP contribution in [0.15, 0.2) is 57.8 Å². The molecule has 0 unspecified atom stereocenters. The van der Waals surface area contributed by atoms with E-state index in [1.165, 1.54) is 24.3 Å². The third kappa shape index (κ3) is 4.57. The van der Waals surface area contributed by atoms with Gasteiger partial charge in [0.15, 0.2) is 21.4 Å². The molecule has 0 atom stereocenters. The minimum Gasteiger partial charge on any atom is -0.455 e. The summed E-state index contributed by atoms with van der Waals surface area (Å²) in [6.07, 6.45) is 1.82. The summed E-state index contributed by atoms with van der Waals surface area (Å²) < 4.78 is 35.7. The highest BCUT2D eigenvalue weighted by Gasteiger charge is 2.21. The van der Waals surface area contributed by atoms with Gasteiger partial charge in [-0.05, 0) is 37.1 Å². The second-order valence-corrected chi connectivity index (χ2v) is 8.88. The van der Waals surface area contributed by atoms with E-state index >= 15 is 0 Å². The highest BCUT2D eigenvalue weighted by atomic mass is 32.2. The standard InChI is InChI=1S/C20H21N3O5S/c24-20(21-19-12-17(22-23-19)14-8-10-27-11-9-14)18-7-6-15(28-18)13-29(25,26)16-4-2-1-3-5-16/h1-7,12,14H,8-11,13H2,(H2,21,22,23,24). The van der Waals surface area contributed by atoms with E-state index in [0.717, 1.165) is 18.5 Å². The summed E-state index contributed by atoms with van der Waals surface area (Å²) in [5.74, 6) is 0.147. The lowest BCUT2D eigenvalue weighted by molar-refractivity contribution is 0.0845. The molecule has 1 fully saturated rings. The van der Waals surface area contributed by atoms with Gasteiger partial charge in [0.2, 0.25) is 0 Å². The number of anilines is 1. The van der Waals surface area contributed by atoms with E-state index in [9.17, 15) is 13.2 Å². The Labute approximate surface area is 168 Å². The summed E-state index contributed by atoms with van der Waals surface area (Å²) in [5, 5.41) is 9.75. The van der Waals surface area contributed by atoms with E-state index in [1.54, 1.807) is 24.3 Å². The van der Waals surface area contributed by atoms with Gasteiger partial charge in [-0.3, -0.25) is 9.89 Å². The van der Waals surface area contributed by atoms with Crippen molar-refractivity contribution in [2.45, 2.75) is 29.4 Å². The van der Waals surface area contributed by atoms with Crippen molar-refractivity contribution in [1.82, 2.24) is 10.2 Å². The molecule has 0 spiro atoms. The van der Waals surface area contributed by atoms with Crippen molar-refractivity contribution < 1.29 is 22.4 Å². The fraction of sp³-hybridized carbons (Fsp3) is 0.300. The number of aromatic amines is 1. The van der Waals surface area contributed by atoms with E-state index < -0.39 is 15.7 Å². The fourth-order valence-corrected chi connectivity index (χ4v) is 4.54. The Morgan fingerprint density at radius 2 is 1.90 bits per heavy atom. The van der Waals surface area contributed by atoms with Gasteiger partial charge in [0.25, 0.3) is 5.91 Å². The Balaban J connectivity index is 1.40. The van der Waals surface area contributed by atoms with Crippen molar-refractivity contribution in [3.8, 4) is 0 Å². The summed E-state index contributed by atoms with van der Waals surface area (Å²) in [6.45, 7) is 1.43. The molecule has 0 bridgehead atoms. The molecule has 0 radical (unpaired) electrons. The van der Waals surface area contributed by atoms with E-state index in [1.807, 2.05) is 0 Å². The second kappa shape index (κ2) is 8.22. The molecule has 3 aromatic rings. The van der Waals surface area contributed by atoms with Crippen molar-refractivity contribution in [2.24, 2.45) is 0 Å². The van der Waals surface area contributed by atoms with Gasteiger partial charge in [0.05, 0.1) is 4.90 Å². The molecule has 1 aliphatic heterocycles. The highest BCUT2D eigenvalue weighted by molar-refractivity contribution is 7.90. The van der Waals surface area contributed by atoms with Crippen LogP contribution in [0, 0.1) is 0 Å². The van der Waals surface area contributed by atoms with Gasteiger partial charge < -0.3 is 14.5 Å². The molecule has 3 heterocycles. The SMILES string of the molecule is O=C(Nc1cc(C2CCOCC2)[nH]n1)c1ccc(CS(=O)(=O)c2ccccc2)o1. The minimum atomic E-state index is -3.55. The molecule has 0 aliphatic carbocycles. The van der Waals surface area contributed by atoms with Crippen molar-refractivity contribution in [2.75, 3.05) is 18.5 Å². The maximum Gasteiger partial charge on any atom is 0.292 e. The first-order chi connectivity index (χ1) is 14.0. The monoisotopic (exact) mass is 415 g/mol. The molecule has 4 rings (SSSR count). The maximum atomic E-state index is 12.4. The van der Waals surface area contributed by atoms with Crippen LogP contribution in [0.4, 0.5) is 5.82 Å². The molecular formula is C20H21N3O5S. The molecule has 9 heteroatoms. The van der Waals surface area contributed by atoms with E-state index in [-0.39, 0.29) is 22.2 Å². The lowest BCUT2D eigenvalue weighted by atomic mass is 9.97. The van der Waals surface area contributed by atoms with Crippen molar-refractivity contribution in [3.05, 3.63) is 65.7 Å². The Bertz CT molecular complexity index is 1080. The van der Waals surface area contributed by atoms with Crippen molar-refractivity contribution in [1.29, 1.82) is 0 Å². The molecule has 8 nitrogen and oxygen atoms in total.